The first kappa shape index (κ1) is 11.9. The predicted molar refractivity (Wildman–Crippen MR) is 74.7 cm³/mol. The molecular weight excluding hydrogens is 269 g/mol. The molecule has 0 saturated carbocycles. The Labute approximate surface area is 110 Å². The standard InChI is InChI=1S/C12H10FN3O2S/c1-14-7-4-8-5(3-6(7)13)10(17)9-11(18)15-19-12(9)16(8)2/h3-4,14H,1-2H3,(H,15,18). The lowest BCUT2D eigenvalue weighted by molar-refractivity contribution is 0.633. The molecule has 0 spiro atoms. The number of pyridine rings is 1. The summed E-state index contributed by atoms with van der Waals surface area (Å²) in [6.45, 7) is 0. The summed E-state index contributed by atoms with van der Waals surface area (Å²) in [6.07, 6.45) is 0. The Hall–Kier alpha value is -2.15. The predicted octanol–water partition coefficient (Wildman–Crippen LogP) is 1.62. The van der Waals surface area contributed by atoms with E-state index in [1.807, 2.05) is 0 Å². The number of nitrogens with zero attached hydrogens (tertiary/aromatic N) is 1. The van der Waals surface area contributed by atoms with Gasteiger partial charge in [-0.2, -0.15) is 0 Å². The number of benzene rings is 1. The summed E-state index contributed by atoms with van der Waals surface area (Å²) in [5.74, 6) is -0.516. The fraction of sp³-hybridized carbons (Fsp3) is 0.167. The molecule has 7 heteroatoms. The maximum Gasteiger partial charge on any atom is 0.271 e. The minimum absolute atomic E-state index is 0.0802. The highest BCUT2D eigenvalue weighted by molar-refractivity contribution is 7.12. The van der Waals surface area contributed by atoms with Crippen molar-refractivity contribution in [2.24, 2.45) is 7.05 Å². The highest BCUT2D eigenvalue weighted by Gasteiger charge is 2.15. The van der Waals surface area contributed by atoms with E-state index in [-0.39, 0.29) is 10.8 Å². The fourth-order valence-electron chi connectivity index (χ4n) is 2.19. The molecule has 0 atom stereocenters. The molecule has 0 amide bonds. The SMILES string of the molecule is CNc1cc2c(cc1F)c(=O)c1c(=O)[nH]sc1n2C. The van der Waals surface area contributed by atoms with Crippen molar-refractivity contribution in [3.05, 3.63) is 38.5 Å². The second kappa shape index (κ2) is 3.92. The van der Waals surface area contributed by atoms with Gasteiger partial charge in [-0.05, 0) is 23.7 Å². The summed E-state index contributed by atoms with van der Waals surface area (Å²) < 4.78 is 18.0. The van der Waals surface area contributed by atoms with Gasteiger partial charge in [0.25, 0.3) is 5.56 Å². The highest BCUT2D eigenvalue weighted by Crippen LogP contribution is 2.23. The Kier molecular flexibility index (Phi) is 2.46. The van der Waals surface area contributed by atoms with E-state index in [2.05, 4.69) is 9.69 Å². The van der Waals surface area contributed by atoms with E-state index in [1.54, 1.807) is 24.7 Å². The molecule has 0 aliphatic carbocycles. The highest BCUT2D eigenvalue weighted by atomic mass is 32.1. The molecule has 2 aromatic heterocycles. The first-order valence-electron chi connectivity index (χ1n) is 5.55. The number of rotatable bonds is 1. The lowest BCUT2D eigenvalue weighted by Crippen LogP contribution is -2.14. The molecule has 2 heterocycles. The molecule has 2 N–H and O–H groups in total. The van der Waals surface area contributed by atoms with Gasteiger partial charge >= 0.3 is 0 Å². The van der Waals surface area contributed by atoms with E-state index in [1.165, 1.54) is 6.07 Å². The Bertz CT molecular complexity index is 922. The van der Waals surface area contributed by atoms with Crippen LogP contribution in [0.1, 0.15) is 0 Å². The number of H-pyrrole nitrogens is 1. The maximum atomic E-state index is 13.8. The van der Waals surface area contributed by atoms with Crippen LogP contribution < -0.4 is 16.3 Å². The van der Waals surface area contributed by atoms with Gasteiger partial charge in [0.05, 0.1) is 11.2 Å². The number of hydrogen-bond donors (Lipinski definition) is 2. The molecule has 0 saturated heterocycles. The summed E-state index contributed by atoms with van der Waals surface area (Å²) in [5.41, 5.74) is 0.0241. The van der Waals surface area contributed by atoms with Crippen LogP contribution in [0.5, 0.6) is 0 Å². The molecule has 98 valence electrons. The molecule has 0 radical (unpaired) electrons. The van der Waals surface area contributed by atoms with E-state index < -0.39 is 16.8 Å². The van der Waals surface area contributed by atoms with Crippen molar-refractivity contribution in [1.29, 1.82) is 0 Å². The van der Waals surface area contributed by atoms with Crippen LogP contribution in [-0.4, -0.2) is 16.0 Å². The Morgan fingerprint density at radius 1 is 1.37 bits per heavy atom. The van der Waals surface area contributed by atoms with Gasteiger partial charge in [0.15, 0.2) is 0 Å². The van der Waals surface area contributed by atoms with Gasteiger partial charge in [0.2, 0.25) is 5.43 Å². The van der Waals surface area contributed by atoms with Crippen molar-refractivity contribution in [3.8, 4) is 0 Å². The van der Waals surface area contributed by atoms with Crippen LogP contribution in [0.25, 0.3) is 21.1 Å². The van der Waals surface area contributed by atoms with E-state index in [9.17, 15) is 14.0 Å². The third-order valence-electron chi connectivity index (χ3n) is 3.17. The van der Waals surface area contributed by atoms with Crippen LogP contribution in [0.4, 0.5) is 10.1 Å². The zero-order chi connectivity index (χ0) is 13.7. The molecule has 0 fully saturated rings. The van der Waals surface area contributed by atoms with E-state index in [0.29, 0.717) is 16.0 Å². The van der Waals surface area contributed by atoms with Crippen LogP contribution in [0.3, 0.4) is 0 Å². The van der Waals surface area contributed by atoms with Gasteiger partial charge in [0, 0.05) is 19.5 Å². The number of halogens is 1. The van der Waals surface area contributed by atoms with E-state index in [4.69, 9.17) is 0 Å². The van der Waals surface area contributed by atoms with E-state index >= 15 is 0 Å². The molecule has 3 aromatic rings. The molecule has 1 aromatic carbocycles. The Morgan fingerprint density at radius 3 is 2.79 bits per heavy atom. The molecule has 5 nitrogen and oxygen atoms in total. The number of aromatic nitrogens is 2. The minimum atomic E-state index is -0.516. The number of nitrogens with one attached hydrogen (secondary N) is 2. The van der Waals surface area contributed by atoms with Crippen LogP contribution in [0.15, 0.2) is 21.7 Å². The number of fused-ring (bicyclic) bond motifs is 2. The lowest BCUT2D eigenvalue weighted by Gasteiger charge is -2.09. The molecule has 0 unspecified atom stereocenters. The monoisotopic (exact) mass is 279 g/mol. The number of aryl methyl sites for hydroxylation is 1. The number of anilines is 1. The zero-order valence-corrected chi connectivity index (χ0v) is 11.0. The molecule has 0 bridgehead atoms. The molecule has 0 aliphatic heterocycles. The van der Waals surface area contributed by atoms with Gasteiger partial charge in [-0.25, -0.2) is 4.39 Å². The molecule has 0 aliphatic rings. The summed E-state index contributed by atoms with van der Waals surface area (Å²) in [6, 6.07) is 2.73. The normalized spacial score (nSPS) is 11.3. The average molecular weight is 279 g/mol. The van der Waals surface area contributed by atoms with Crippen LogP contribution in [0, 0.1) is 5.82 Å². The second-order valence-corrected chi connectivity index (χ2v) is 5.00. The van der Waals surface area contributed by atoms with Gasteiger partial charge in [-0.15, -0.1) is 0 Å². The van der Waals surface area contributed by atoms with Crippen molar-refractivity contribution in [1.82, 2.24) is 8.94 Å². The molecular formula is C12H10FN3O2S. The second-order valence-electron chi connectivity index (χ2n) is 4.20. The first-order chi connectivity index (χ1) is 9.04. The maximum absolute atomic E-state index is 13.8. The van der Waals surface area contributed by atoms with Crippen LogP contribution >= 0.6 is 11.5 Å². The third-order valence-corrected chi connectivity index (χ3v) is 4.13. The quantitative estimate of drug-likeness (QED) is 0.711. The summed E-state index contributed by atoms with van der Waals surface area (Å²) in [4.78, 5) is 24.5. The van der Waals surface area contributed by atoms with Crippen LogP contribution in [-0.2, 0) is 7.05 Å². The number of hydrogen-bond acceptors (Lipinski definition) is 4. The zero-order valence-electron chi connectivity index (χ0n) is 10.2. The summed E-state index contributed by atoms with van der Waals surface area (Å²) in [7, 11) is 3.35. The van der Waals surface area contributed by atoms with Crippen molar-refractivity contribution in [2.45, 2.75) is 0 Å². The van der Waals surface area contributed by atoms with E-state index in [0.717, 1.165) is 11.5 Å². The molecule has 19 heavy (non-hydrogen) atoms. The van der Waals surface area contributed by atoms with Crippen molar-refractivity contribution >= 4 is 38.3 Å². The largest absolute Gasteiger partial charge is 0.386 e. The fourth-order valence-corrected chi connectivity index (χ4v) is 3.00. The Morgan fingerprint density at radius 2 is 2.11 bits per heavy atom. The van der Waals surface area contributed by atoms with Crippen molar-refractivity contribution < 1.29 is 4.39 Å². The van der Waals surface area contributed by atoms with Crippen molar-refractivity contribution in [3.63, 3.8) is 0 Å². The third kappa shape index (κ3) is 1.51. The minimum Gasteiger partial charge on any atom is -0.386 e. The summed E-state index contributed by atoms with van der Waals surface area (Å²) in [5, 5.41) is 3.02. The number of aromatic amines is 1. The summed E-state index contributed by atoms with van der Waals surface area (Å²) >= 11 is 1.10. The Balaban J connectivity index is 2.65. The average Bonchev–Trinajstić information content (AvgIpc) is 2.78. The van der Waals surface area contributed by atoms with Gasteiger partial charge in [0.1, 0.15) is 16.0 Å². The molecule has 3 rings (SSSR count). The topological polar surface area (TPSA) is 66.9 Å². The van der Waals surface area contributed by atoms with Crippen molar-refractivity contribution in [2.75, 3.05) is 12.4 Å². The van der Waals surface area contributed by atoms with Crippen LogP contribution in [0.2, 0.25) is 0 Å². The van der Waals surface area contributed by atoms with Gasteiger partial charge < -0.3 is 9.88 Å². The van der Waals surface area contributed by atoms with Gasteiger partial charge in [-0.1, -0.05) is 0 Å². The lowest BCUT2D eigenvalue weighted by atomic mass is 10.1. The first-order valence-corrected chi connectivity index (χ1v) is 6.37. The smallest absolute Gasteiger partial charge is 0.271 e. The van der Waals surface area contributed by atoms with Gasteiger partial charge in [-0.3, -0.25) is 14.0 Å².